The molecule has 3 aromatic carbocycles. The SMILES string of the molecule is COc1ccc(C)cc1S(=O)(=O)N(CC(=O)Nc1ccccc1SC)c1ccc(C)c(C)c1. The molecule has 0 aliphatic rings. The van der Waals surface area contributed by atoms with Crippen molar-refractivity contribution in [2.45, 2.75) is 30.6 Å². The number of hydrogen-bond acceptors (Lipinski definition) is 5. The quantitative estimate of drug-likeness (QED) is 0.446. The zero-order valence-electron chi connectivity index (χ0n) is 19.4. The number of sulfonamides is 1. The van der Waals surface area contributed by atoms with Gasteiger partial charge in [-0.3, -0.25) is 9.10 Å². The molecule has 0 saturated carbocycles. The van der Waals surface area contributed by atoms with Gasteiger partial charge < -0.3 is 10.1 Å². The van der Waals surface area contributed by atoms with Gasteiger partial charge in [-0.25, -0.2) is 8.42 Å². The molecule has 6 nitrogen and oxygen atoms in total. The van der Waals surface area contributed by atoms with Crippen LogP contribution in [0, 0.1) is 20.8 Å². The van der Waals surface area contributed by atoms with E-state index in [-0.39, 0.29) is 17.2 Å². The first-order valence-corrected chi connectivity index (χ1v) is 13.0. The summed E-state index contributed by atoms with van der Waals surface area (Å²) in [4.78, 5) is 14.0. The Balaban J connectivity index is 2.06. The molecule has 0 atom stereocenters. The number of amides is 1. The number of anilines is 2. The molecule has 1 amide bonds. The van der Waals surface area contributed by atoms with Gasteiger partial charge in [0, 0.05) is 4.90 Å². The van der Waals surface area contributed by atoms with Crippen LogP contribution in [-0.2, 0) is 14.8 Å². The largest absolute Gasteiger partial charge is 0.495 e. The Morgan fingerprint density at radius 1 is 1.00 bits per heavy atom. The number of hydrogen-bond donors (Lipinski definition) is 1. The lowest BCUT2D eigenvalue weighted by Crippen LogP contribution is -2.38. The van der Waals surface area contributed by atoms with E-state index in [1.54, 1.807) is 36.4 Å². The monoisotopic (exact) mass is 484 g/mol. The second-order valence-electron chi connectivity index (χ2n) is 7.68. The molecule has 174 valence electrons. The van der Waals surface area contributed by atoms with Crippen molar-refractivity contribution in [3.63, 3.8) is 0 Å². The van der Waals surface area contributed by atoms with Crippen LogP contribution in [0.3, 0.4) is 0 Å². The van der Waals surface area contributed by atoms with Crippen LogP contribution >= 0.6 is 11.8 Å². The first-order valence-electron chi connectivity index (χ1n) is 10.3. The van der Waals surface area contributed by atoms with Gasteiger partial charge in [-0.15, -0.1) is 11.8 Å². The summed E-state index contributed by atoms with van der Waals surface area (Å²) in [7, 11) is -2.68. The molecule has 0 fully saturated rings. The number of nitrogens with one attached hydrogen (secondary N) is 1. The van der Waals surface area contributed by atoms with Gasteiger partial charge in [0.1, 0.15) is 17.2 Å². The average molecular weight is 485 g/mol. The maximum Gasteiger partial charge on any atom is 0.268 e. The first kappa shape index (κ1) is 24.7. The minimum absolute atomic E-state index is 0.0144. The minimum Gasteiger partial charge on any atom is -0.495 e. The van der Waals surface area contributed by atoms with Crippen LogP contribution in [-0.4, -0.2) is 34.2 Å². The van der Waals surface area contributed by atoms with Crippen molar-refractivity contribution < 1.29 is 17.9 Å². The Bertz CT molecular complexity index is 1270. The molecular formula is C25H28N2O4S2. The third-order valence-corrected chi connectivity index (χ3v) is 7.92. The summed E-state index contributed by atoms with van der Waals surface area (Å²) in [6.07, 6.45) is 1.92. The fraction of sp³-hybridized carbons (Fsp3) is 0.240. The number of aryl methyl sites for hydroxylation is 3. The van der Waals surface area contributed by atoms with Gasteiger partial charge in [-0.1, -0.05) is 24.3 Å². The van der Waals surface area contributed by atoms with E-state index in [0.29, 0.717) is 11.4 Å². The number of para-hydroxylation sites is 1. The first-order chi connectivity index (χ1) is 15.7. The van der Waals surface area contributed by atoms with Crippen molar-refractivity contribution in [2.75, 3.05) is 29.5 Å². The van der Waals surface area contributed by atoms with Gasteiger partial charge in [0.05, 0.1) is 18.5 Å². The minimum atomic E-state index is -4.11. The standard InChI is InChI=1S/C25H28N2O4S2/c1-17-10-13-22(31-4)24(14-17)33(29,30)27(20-12-11-18(2)19(3)15-20)16-25(28)26-21-8-6-7-9-23(21)32-5/h6-15H,16H2,1-5H3,(H,26,28). The molecule has 0 bridgehead atoms. The predicted octanol–water partition coefficient (Wildman–Crippen LogP) is 5.18. The molecule has 8 heteroatoms. The number of rotatable bonds is 8. The van der Waals surface area contributed by atoms with E-state index in [0.717, 1.165) is 25.9 Å². The number of carbonyl (C=O) groups excluding carboxylic acids is 1. The zero-order chi connectivity index (χ0) is 24.2. The number of benzene rings is 3. The lowest BCUT2D eigenvalue weighted by Gasteiger charge is -2.26. The Morgan fingerprint density at radius 3 is 2.39 bits per heavy atom. The van der Waals surface area contributed by atoms with E-state index < -0.39 is 15.9 Å². The highest BCUT2D eigenvalue weighted by molar-refractivity contribution is 7.98. The Labute approximate surface area is 200 Å². The van der Waals surface area contributed by atoms with E-state index in [9.17, 15) is 13.2 Å². The maximum atomic E-state index is 13.8. The van der Waals surface area contributed by atoms with E-state index in [2.05, 4.69) is 5.32 Å². The van der Waals surface area contributed by atoms with E-state index >= 15 is 0 Å². The van der Waals surface area contributed by atoms with Crippen LogP contribution in [0.15, 0.2) is 70.5 Å². The molecule has 0 aliphatic carbocycles. The van der Waals surface area contributed by atoms with Gasteiger partial charge in [0.15, 0.2) is 0 Å². The van der Waals surface area contributed by atoms with Crippen LogP contribution in [0.5, 0.6) is 5.75 Å². The summed E-state index contributed by atoms with van der Waals surface area (Å²) in [6, 6.07) is 17.7. The summed E-state index contributed by atoms with van der Waals surface area (Å²) in [6.45, 7) is 5.29. The zero-order valence-corrected chi connectivity index (χ0v) is 21.0. The van der Waals surface area contributed by atoms with Gasteiger partial charge in [0.25, 0.3) is 10.0 Å². The highest BCUT2D eigenvalue weighted by Gasteiger charge is 2.30. The van der Waals surface area contributed by atoms with Crippen molar-refractivity contribution >= 4 is 39.1 Å². The van der Waals surface area contributed by atoms with Crippen LogP contribution in [0.2, 0.25) is 0 Å². The third-order valence-electron chi connectivity index (χ3n) is 5.33. The number of carbonyl (C=O) groups is 1. The summed E-state index contributed by atoms with van der Waals surface area (Å²) in [5.74, 6) is -0.215. The molecule has 0 aliphatic heterocycles. The van der Waals surface area contributed by atoms with E-state index in [1.807, 2.05) is 51.3 Å². The highest BCUT2D eigenvalue weighted by atomic mass is 32.2. The normalized spacial score (nSPS) is 11.2. The molecule has 3 rings (SSSR count). The van der Waals surface area contributed by atoms with Crippen molar-refractivity contribution in [1.29, 1.82) is 0 Å². The molecule has 0 spiro atoms. The second kappa shape index (κ2) is 10.3. The van der Waals surface area contributed by atoms with Gasteiger partial charge in [-0.2, -0.15) is 0 Å². The lowest BCUT2D eigenvalue weighted by atomic mass is 10.1. The third kappa shape index (κ3) is 5.51. The van der Waals surface area contributed by atoms with Crippen molar-refractivity contribution in [1.82, 2.24) is 0 Å². The molecule has 3 aromatic rings. The smallest absolute Gasteiger partial charge is 0.268 e. The van der Waals surface area contributed by atoms with Gasteiger partial charge in [-0.05, 0) is 80.1 Å². The Morgan fingerprint density at radius 2 is 1.73 bits per heavy atom. The van der Waals surface area contributed by atoms with Crippen LogP contribution < -0.4 is 14.4 Å². The molecule has 0 aromatic heterocycles. The van der Waals surface area contributed by atoms with Crippen molar-refractivity contribution in [3.8, 4) is 5.75 Å². The molecule has 0 radical (unpaired) electrons. The molecule has 1 N–H and O–H groups in total. The molecular weight excluding hydrogens is 456 g/mol. The van der Waals surface area contributed by atoms with Crippen molar-refractivity contribution in [2.24, 2.45) is 0 Å². The second-order valence-corrected chi connectivity index (χ2v) is 10.4. The number of nitrogens with zero attached hydrogens (tertiary/aromatic N) is 1. The van der Waals surface area contributed by atoms with Crippen LogP contribution in [0.1, 0.15) is 16.7 Å². The van der Waals surface area contributed by atoms with E-state index in [4.69, 9.17) is 4.74 Å². The Kier molecular flexibility index (Phi) is 7.71. The summed E-state index contributed by atoms with van der Waals surface area (Å²) >= 11 is 1.50. The van der Waals surface area contributed by atoms with Crippen molar-refractivity contribution in [3.05, 3.63) is 77.4 Å². The molecule has 0 unspecified atom stereocenters. The van der Waals surface area contributed by atoms with Crippen LogP contribution in [0.4, 0.5) is 11.4 Å². The topological polar surface area (TPSA) is 75.7 Å². The molecule has 33 heavy (non-hydrogen) atoms. The Hall–Kier alpha value is -2.97. The molecule has 0 saturated heterocycles. The van der Waals surface area contributed by atoms with Gasteiger partial charge >= 0.3 is 0 Å². The summed E-state index contributed by atoms with van der Waals surface area (Å²) in [5, 5.41) is 2.85. The summed E-state index contributed by atoms with van der Waals surface area (Å²) < 4.78 is 34.1. The number of methoxy groups -OCH3 is 1. The fourth-order valence-corrected chi connectivity index (χ4v) is 5.58. The predicted molar refractivity (Wildman–Crippen MR) is 135 cm³/mol. The van der Waals surface area contributed by atoms with Crippen LogP contribution in [0.25, 0.3) is 0 Å². The maximum absolute atomic E-state index is 13.8. The highest BCUT2D eigenvalue weighted by Crippen LogP contribution is 2.32. The molecule has 0 heterocycles. The number of thioether (sulfide) groups is 1. The van der Waals surface area contributed by atoms with Gasteiger partial charge in [0.2, 0.25) is 5.91 Å². The lowest BCUT2D eigenvalue weighted by molar-refractivity contribution is -0.114. The van der Waals surface area contributed by atoms with E-state index in [1.165, 1.54) is 18.9 Å². The summed E-state index contributed by atoms with van der Waals surface area (Å²) in [5.41, 5.74) is 3.78. The fourth-order valence-electron chi connectivity index (χ4n) is 3.37. The number of ether oxygens (including phenoxy) is 1. The average Bonchev–Trinajstić information content (AvgIpc) is 2.79.